The van der Waals surface area contributed by atoms with Gasteiger partial charge in [-0.2, -0.15) is 0 Å². The van der Waals surface area contributed by atoms with Crippen LogP contribution in [0.4, 0.5) is 4.39 Å². The van der Waals surface area contributed by atoms with Gasteiger partial charge in [-0.3, -0.25) is 4.90 Å². The Morgan fingerprint density at radius 3 is 2.50 bits per heavy atom. The van der Waals surface area contributed by atoms with Gasteiger partial charge in [-0.25, -0.2) is 4.39 Å². The smallest absolute Gasteiger partial charge is 0.146 e. The highest BCUT2D eigenvalue weighted by Gasteiger charge is 2.27. The number of hydrogen-bond acceptors (Lipinski definition) is 3. The van der Waals surface area contributed by atoms with Crippen LogP contribution in [0.3, 0.4) is 0 Å². The van der Waals surface area contributed by atoms with E-state index in [4.69, 9.17) is 11.6 Å². The van der Waals surface area contributed by atoms with E-state index in [1.54, 1.807) is 17.4 Å². The van der Waals surface area contributed by atoms with Crippen LogP contribution < -0.4 is 5.32 Å². The first kappa shape index (κ1) is 19.7. The van der Waals surface area contributed by atoms with Crippen molar-refractivity contribution in [1.29, 1.82) is 0 Å². The van der Waals surface area contributed by atoms with E-state index < -0.39 is 0 Å². The molecule has 0 spiro atoms. The fourth-order valence-corrected chi connectivity index (χ4v) is 3.71. The molecule has 1 aliphatic rings. The molecule has 0 unspecified atom stereocenters. The summed E-state index contributed by atoms with van der Waals surface area (Å²) in [6.07, 6.45) is 0. The molecule has 1 saturated heterocycles. The molecule has 22 heavy (non-hydrogen) atoms. The highest BCUT2D eigenvalue weighted by atomic mass is 35.5. The number of nitrogens with one attached hydrogen (secondary N) is 1. The summed E-state index contributed by atoms with van der Waals surface area (Å²) < 4.78 is 14.4. The quantitative estimate of drug-likeness (QED) is 0.846. The molecule has 0 bridgehead atoms. The molecule has 0 saturated carbocycles. The van der Waals surface area contributed by atoms with Gasteiger partial charge in [0.15, 0.2) is 0 Å². The highest BCUT2D eigenvalue weighted by molar-refractivity contribution is 7.10. The van der Waals surface area contributed by atoms with E-state index in [1.807, 2.05) is 23.6 Å². The predicted molar refractivity (Wildman–Crippen MR) is 96.5 cm³/mol. The van der Waals surface area contributed by atoms with Crippen LogP contribution in [-0.4, -0.2) is 31.1 Å². The van der Waals surface area contributed by atoms with E-state index in [-0.39, 0.29) is 41.7 Å². The highest BCUT2D eigenvalue weighted by Crippen LogP contribution is 2.35. The fraction of sp³-hybridized carbons (Fsp3) is 0.333. The van der Waals surface area contributed by atoms with Crippen LogP contribution in [0.25, 0.3) is 0 Å². The van der Waals surface area contributed by atoms with Gasteiger partial charge in [0.2, 0.25) is 0 Å². The van der Waals surface area contributed by atoms with Gasteiger partial charge >= 0.3 is 0 Å². The summed E-state index contributed by atoms with van der Waals surface area (Å²) in [5, 5.41) is 5.56. The first-order valence-corrected chi connectivity index (χ1v) is 7.95. The van der Waals surface area contributed by atoms with Crippen LogP contribution in [-0.2, 0) is 0 Å². The normalized spacial score (nSPS) is 16.5. The number of thiophene rings is 1. The number of hydrogen-bond donors (Lipinski definition) is 1. The molecule has 0 radical (unpaired) electrons. The van der Waals surface area contributed by atoms with E-state index in [0.29, 0.717) is 5.56 Å². The fourth-order valence-electron chi connectivity index (χ4n) is 2.65. The Labute approximate surface area is 151 Å². The largest absolute Gasteiger partial charge is 0.314 e. The van der Waals surface area contributed by atoms with Gasteiger partial charge in [-0.05, 0) is 17.5 Å². The number of benzene rings is 1. The Balaban J connectivity index is 0.00000121. The van der Waals surface area contributed by atoms with Gasteiger partial charge < -0.3 is 5.32 Å². The topological polar surface area (TPSA) is 15.3 Å². The first-order valence-electron chi connectivity index (χ1n) is 6.69. The molecule has 1 aliphatic heterocycles. The lowest BCUT2D eigenvalue weighted by Crippen LogP contribution is -2.45. The third kappa shape index (κ3) is 4.13. The van der Waals surface area contributed by atoms with Crippen molar-refractivity contribution in [3.05, 3.63) is 57.0 Å². The number of halogens is 4. The van der Waals surface area contributed by atoms with E-state index in [0.717, 1.165) is 31.1 Å². The maximum absolute atomic E-state index is 14.4. The van der Waals surface area contributed by atoms with Crippen molar-refractivity contribution in [3.63, 3.8) is 0 Å². The minimum absolute atomic E-state index is 0. The monoisotopic (exact) mass is 382 g/mol. The Kier molecular flexibility index (Phi) is 8.11. The second-order valence-corrected chi connectivity index (χ2v) is 6.23. The molecule has 2 aromatic rings. The third-order valence-corrected chi connectivity index (χ3v) is 4.82. The molecule has 1 atom stereocenters. The van der Waals surface area contributed by atoms with E-state index >= 15 is 0 Å². The zero-order valence-corrected chi connectivity index (χ0v) is 15.0. The molecule has 1 aromatic heterocycles. The molecule has 1 fully saturated rings. The van der Waals surface area contributed by atoms with Crippen molar-refractivity contribution >= 4 is 47.8 Å². The molecule has 1 N–H and O–H groups in total. The second kappa shape index (κ2) is 9.06. The average molecular weight is 384 g/mol. The number of piperazine rings is 1. The minimum Gasteiger partial charge on any atom is -0.314 e. The lowest BCUT2D eigenvalue weighted by atomic mass is 10.0. The van der Waals surface area contributed by atoms with Gasteiger partial charge in [0.1, 0.15) is 5.82 Å². The van der Waals surface area contributed by atoms with E-state index in [2.05, 4.69) is 16.3 Å². The molecular weight excluding hydrogens is 366 g/mol. The van der Waals surface area contributed by atoms with Crippen molar-refractivity contribution in [2.24, 2.45) is 0 Å². The summed E-state index contributed by atoms with van der Waals surface area (Å²) in [5.41, 5.74) is 0.668. The first-order chi connectivity index (χ1) is 9.77. The zero-order chi connectivity index (χ0) is 13.9. The van der Waals surface area contributed by atoms with Crippen LogP contribution in [0, 0.1) is 5.82 Å². The van der Waals surface area contributed by atoms with Gasteiger partial charge in [0.05, 0.1) is 11.1 Å². The molecular formula is C15H18Cl3FN2S. The minimum atomic E-state index is -0.300. The Bertz CT molecular complexity index is 574. The van der Waals surface area contributed by atoms with Crippen LogP contribution in [0.2, 0.25) is 5.02 Å². The Morgan fingerprint density at radius 1 is 1.14 bits per heavy atom. The van der Waals surface area contributed by atoms with Crippen LogP contribution in [0.15, 0.2) is 35.7 Å². The van der Waals surface area contributed by atoms with Crippen molar-refractivity contribution in [2.45, 2.75) is 6.04 Å². The predicted octanol–water partition coefficient (Wildman–Crippen LogP) is 4.38. The molecule has 0 aliphatic carbocycles. The molecule has 2 heterocycles. The van der Waals surface area contributed by atoms with Gasteiger partial charge in [0.25, 0.3) is 0 Å². The number of rotatable bonds is 3. The lowest BCUT2D eigenvalue weighted by molar-refractivity contribution is 0.197. The summed E-state index contributed by atoms with van der Waals surface area (Å²) in [4.78, 5) is 3.48. The Morgan fingerprint density at radius 2 is 1.86 bits per heavy atom. The zero-order valence-electron chi connectivity index (χ0n) is 11.8. The molecule has 0 amide bonds. The van der Waals surface area contributed by atoms with E-state index in [9.17, 15) is 4.39 Å². The van der Waals surface area contributed by atoms with E-state index in [1.165, 1.54) is 0 Å². The third-order valence-electron chi connectivity index (χ3n) is 3.61. The van der Waals surface area contributed by atoms with Gasteiger partial charge in [0, 0.05) is 36.6 Å². The average Bonchev–Trinajstić information content (AvgIpc) is 2.99. The SMILES string of the molecule is Cl.Cl.Fc1c(Cl)cccc1[C@H](c1cccs1)N1CCNCC1. The second-order valence-electron chi connectivity index (χ2n) is 4.85. The summed E-state index contributed by atoms with van der Waals surface area (Å²) in [6, 6.07) is 9.30. The lowest BCUT2D eigenvalue weighted by Gasteiger charge is -2.35. The van der Waals surface area contributed by atoms with Gasteiger partial charge in [-0.15, -0.1) is 36.2 Å². The molecule has 122 valence electrons. The van der Waals surface area contributed by atoms with Crippen molar-refractivity contribution in [1.82, 2.24) is 10.2 Å². The van der Waals surface area contributed by atoms with Crippen molar-refractivity contribution in [2.75, 3.05) is 26.2 Å². The van der Waals surface area contributed by atoms with Gasteiger partial charge in [-0.1, -0.05) is 29.8 Å². The standard InChI is InChI=1S/C15H16ClFN2S.2ClH/c16-12-4-1-3-11(14(12)17)15(13-5-2-10-20-13)19-8-6-18-7-9-19;;/h1-5,10,15,18H,6-9H2;2*1H/t15-;;/m1../s1. The summed E-state index contributed by atoms with van der Waals surface area (Å²) in [7, 11) is 0. The maximum Gasteiger partial charge on any atom is 0.146 e. The van der Waals surface area contributed by atoms with Crippen molar-refractivity contribution < 1.29 is 4.39 Å². The molecule has 2 nitrogen and oxygen atoms in total. The maximum atomic E-state index is 14.4. The molecule has 1 aromatic carbocycles. The number of nitrogens with zero attached hydrogens (tertiary/aromatic N) is 1. The summed E-state index contributed by atoms with van der Waals surface area (Å²) >= 11 is 7.62. The molecule has 7 heteroatoms. The van der Waals surface area contributed by atoms with Crippen LogP contribution >= 0.6 is 47.8 Å². The Hall–Kier alpha value is -0.360. The summed E-state index contributed by atoms with van der Waals surface area (Å²) in [5.74, 6) is -0.300. The van der Waals surface area contributed by atoms with Crippen molar-refractivity contribution in [3.8, 4) is 0 Å². The molecule has 3 rings (SSSR count). The summed E-state index contributed by atoms with van der Waals surface area (Å²) in [6.45, 7) is 3.69. The van der Waals surface area contributed by atoms with Crippen LogP contribution in [0.1, 0.15) is 16.5 Å². The van der Waals surface area contributed by atoms with Crippen LogP contribution in [0.5, 0.6) is 0 Å².